The van der Waals surface area contributed by atoms with Gasteiger partial charge in [-0.3, -0.25) is 0 Å². The summed E-state index contributed by atoms with van der Waals surface area (Å²) in [5, 5.41) is 44.4. The van der Waals surface area contributed by atoms with Gasteiger partial charge in [-0.1, -0.05) is 66.7 Å². The zero-order chi connectivity index (χ0) is 35.3. The van der Waals surface area contributed by atoms with Crippen LogP contribution in [0.5, 0.6) is 0 Å². The third-order valence-electron chi connectivity index (χ3n) is 9.77. The molecule has 6 nitrogen and oxygen atoms in total. The van der Waals surface area contributed by atoms with Crippen LogP contribution in [0.2, 0.25) is 0 Å². The highest BCUT2D eigenvalue weighted by Gasteiger charge is 2.22. The summed E-state index contributed by atoms with van der Waals surface area (Å²) in [5.41, 5.74) is 10.6. The number of benzene rings is 7. The van der Waals surface area contributed by atoms with Crippen LogP contribution in [0.25, 0.3) is 77.2 Å². The molecular formula is C46H24N6. The second kappa shape index (κ2) is 11.9. The maximum absolute atomic E-state index is 10.5. The van der Waals surface area contributed by atoms with Gasteiger partial charge in [-0.15, -0.1) is 0 Å². The Balaban J connectivity index is 1.41. The Morgan fingerprint density at radius 3 is 1.46 bits per heavy atom. The predicted molar refractivity (Wildman–Crippen MR) is 205 cm³/mol. The highest BCUT2D eigenvalue weighted by molar-refractivity contribution is 6.12. The molecule has 0 atom stereocenters. The molecule has 0 aliphatic carbocycles. The molecule has 0 fully saturated rings. The summed E-state index contributed by atoms with van der Waals surface area (Å²) in [5.74, 6) is 0. The van der Waals surface area contributed by atoms with E-state index in [1.807, 2.05) is 103 Å². The fourth-order valence-corrected chi connectivity index (χ4v) is 7.59. The molecule has 9 rings (SSSR count). The standard InChI is InChI=1S/C46H24N6/c47-25-29-14-16-43-39(20-29)40-21-30(26-48)15-17-44(40)52(43)45-23-32(28-50)22-38(46(45)33-8-2-1-3-9-33)34-18-31(27-49)19-35(24-34)51-41-12-6-4-10-36(41)37-11-5-7-13-42(37)51/h1-24H. The van der Waals surface area contributed by atoms with Gasteiger partial charge in [0.05, 0.1) is 74.3 Å². The lowest BCUT2D eigenvalue weighted by molar-refractivity contribution is 1.17. The fourth-order valence-electron chi connectivity index (χ4n) is 7.59. The second-order valence-corrected chi connectivity index (χ2v) is 12.7. The van der Waals surface area contributed by atoms with E-state index in [-0.39, 0.29) is 0 Å². The highest BCUT2D eigenvalue weighted by atomic mass is 15.0. The normalized spacial score (nSPS) is 11.0. The van der Waals surface area contributed by atoms with Crippen LogP contribution in [-0.2, 0) is 0 Å². The first-order valence-electron chi connectivity index (χ1n) is 16.7. The van der Waals surface area contributed by atoms with Crippen molar-refractivity contribution in [2.45, 2.75) is 0 Å². The van der Waals surface area contributed by atoms with Crippen molar-refractivity contribution in [3.05, 3.63) is 168 Å². The summed E-state index contributed by atoms with van der Waals surface area (Å²) in [7, 11) is 0. The lowest BCUT2D eigenvalue weighted by Crippen LogP contribution is -2.02. The number of rotatable bonds is 4. The average molecular weight is 661 g/mol. The van der Waals surface area contributed by atoms with Crippen LogP contribution < -0.4 is 0 Å². The first-order chi connectivity index (χ1) is 25.6. The molecule has 0 N–H and O–H groups in total. The number of fused-ring (bicyclic) bond motifs is 6. The van der Waals surface area contributed by atoms with Crippen LogP contribution >= 0.6 is 0 Å². The molecule has 0 radical (unpaired) electrons. The van der Waals surface area contributed by atoms with E-state index in [4.69, 9.17) is 0 Å². The van der Waals surface area contributed by atoms with Crippen molar-refractivity contribution < 1.29 is 0 Å². The van der Waals surface area contributed by atoms with Crippen molar-refractivity contribution >= 4 is 43.6 Å². The van der Waals surface area contributed by atoms with Gasteiger partial charge in [0.25, 0.3) is 0 Å². The van der Waals surface area contributed by atoms with Gasteiger partial charge in [0, 0.05) is 32.8 Å². The van der Waals surface area contributed by atoms with Crippen LogP contribution in [-0.4, -0.2) is 9.13 Å². The van der Waals surface area contributed by atoms with E-state index >= 15 is 0 Å². The summed E-state index contributed by atoms with van der Waals surface area (Å²) in [6.45, 7) is 0. The molecule has 52 heavy (non-hydrogen) atoms. The second-order valence-electron chi connectivity index (χ2n) is 12.7. The minimum atomic E-state index is 0.447. The summed E-state index contributed by atoms with van der Waals surface area (Å²) in [6.07, 6.45) is 0. The molecule has 0 aliphatic heterocycles. The zero-order valence-corrected chi connectivity index (χ0v) is 27.5. The van der Waals surface area contributed by atoms with E-state index in [1.54, 1.807) is 12.1 Å². The molecule has 0 bridgehead atoms. The summed E-state index contributed by atoms with van der Waals surface area (Å²) in [6, 6.07) is 56.7. The van der Waals surface area contributed by atoms with Crippen LogP contribution in [0.3, 0.4) is 0 Å². The smallest absolute Gasteiger partial charge is 0.0992 e. The maximum Gasteiger partial charge on any atom is 0.0992 e. The van der Waals surface area contributed by atoms with Gasteiger partial charge >= 0.3 is 0 Å². The van der Waals surface area contributed by atoms with E-state index in [9.17, 15) is 21.0 Å². The van der Waals surface area contributed by atoms with Crippen molar-refractivity contribution in [2.24, 2.45) is 0 Å². The third-order valence-corrected chi connectivity index (χ3v) is 9.77. The van der Waals surface area contributed by atoms with Crippen molar-refractivity contribution in [3.63, 3.8) is 0 Å². The minimum absolute atomic E-state index is 0.447. The Labute approximate surface area is 298 Å². The Morgan fingerprint density at radius 1 is 0.365 bits per heavy atom. The quantitative estimate of drug-likeness (QED) is 0.187. The third kappa shape index (κ3) is 4.62. The van der Waals surface area contributed by atoms with Gasteiger partial charge in [0.1, 0.15) is 0 Å². The fraction of sp³-hybridized carbons (Fsp3) is 0. The lowest BCUT2D eigenvalue weighted by Gasteiger charge is -2.20. The molecule has 2 heterocycles. The zero-order valence-electron chi connectivity index (χ0n) is 27.5. The van der Waals surface area contributed by atoms with Gasteiger partial charge in [-0.25, -0.2) is 0 Å². The van der Waals surface area contributed by atoms with Crippen molar-refractivity contribution in [3.8, 4) is 57.9 Å². The van der Waals surface area contributed by atoms with Gasteiger partial charge in [-0.2, -0.15) is 21.0 Å². The van der Waals surface area contributed by atoms with Crippen molar-refractivity contribution in [1.29, 1.82) is 21.0 Å². The molecule has 0 aliphatic rings. The molecule has 0 saturated carbocycles. The molecule has 238 valence electrons. The van der Waals surface area contributed by atoms with Gasteiger partial charge in [-0.05, 0) is 95.6 Å². The van der Waals surface area contributed by atoms with Gasteiger partial charge < -0.3 is 9.13 Å². The summed E-state index contributed by atoms with van der Waals surface area (Å²) < 4.78 is 4.31. The van der Waals surface area contributed by atoms with Crippen molar-refractivity contribution in [2.75, 3.05) is 0 Å². The molecule has 0 amide bonds. The Kier molecular flexibility index (Phi) is 6.91. The SMILES string of the molecule is N#Cc1cc(-c2cc(C#N)cc(-n3c4ccc(C#N)cc4c4cc(C#N)ccc43)c2-c2ccccc2)cc(-n2c3ccccc3c3ccccc32)c1. The van der Waals surface area contributed by atoms with E-state index in [2.05, 4.69) is 63.7 Å². The molecule has 7 aromatic carbocycles. The monoisotopic (exact) mass is 660 g/mol. The Hall–Kier alpha value is -7.90. The van der Waals surface area contributed by atoms with E-state index < -0.39 is 0 Å². The molecule has 9 aromatic rings. The van der Waals surface area contributed by atoms with Crippen LogP contribution in [0.1, 0.15) is 22.3 Å². The average Bonchev–Trinajstić information content (AvgIpc) is 3.72. The Morgan fingerprint density at radius 2 is 0.885 bits per heavy atom. The van der Waals surface area contributed by atoms with Gasteiger partial charge in [0.2, 0.25) is 0 Å². The molecular weight excluding hydrogens is 637 g/mol. The van der Waals surface area contributed by atoms with E-state index in [1.165, 1.54) is 0 Å². The first-order valence-corrected chi connectivity index (χ1v) is 16.7. The Bertz CT molecular complexity index is 2990. The largest absolute Gasteiger partial charge is 0.309 e. The molecule has 0 spiro atoms. The van der Waals surface area contributed by atoms with Gasteiger partial charge in [0.15, 0.2) is 0 Å². The molecule has 2 aromatic heterocycles. The van der Waals surface area contributed by atoms with Crippen molar-refractivity contribution in [1.82, 2.24) is 9.13 Å². The lowest BCUT2D eigenvalue weighted by atomic mass is 9.90. The highest BCUT2D eigenvalue weighted by Crippen LogP contribution is 2.43. The maximum atomic E-state index is 10.5. The van der Waals surface area contributed by atoms with Crippen LogP contribution in [0.15, 0.2) is 146 Å². The number of aromatic nitrogens is 2. The number of hydrogen-bond acceptors (Lipinski definition) is 4. The number of nitrogens with zero attached hydrogens (tertiary/aromatic N) is 6. The topological polar surface area (TPSA) is 105 Å². The summed E-state index contributed by atoms with van der Waals surface area (Å²) in [4.78, 5) is 0. The van der Waals surface area contributed by atoms with Crippen LogP contribution in [0.4, 0.5) is 0 Å². The van der Waals surface area contributed by atoms with Crippen LogP contribution in [0, 0.1) is 45.3 Å². The number of para-hydroxylation sites is 2. The number of hydrogen-bond donors (Lipinski definition) is 0. The predicted octanol–water partition coefficient (Wildman–Crippen LogP) is 10.7. The molecule has 6 heteroatoms. The van der Waals surface area contributed by atoms with E-state index in [0.717, 1.165) is 77.2 Å². The first kappa shape index (κ1) is 30.2. The number of nitriles is 4. The molecule has 0 saturated heterocycles. The minimum Gasteiger partial charge on any atom is -0.309 e. The summed E-state index contributed by atoms with van der Waals surface area (Å²) >= 11 is 0. The van der Waals surface area contributed by atoms with E-state index in [0.29, 0.717) is 22.3 Å². The molecule has 0 unspecified atom stereocenters.